The molecule has 5 rings (SSSR count). The molecule has 194 valence electrons. The first kappa shape index (κ1) is 26.5. The van der Waals surface area contributed by atoms with Crippen molar-refractivity contribution in [2.24, 2.45) is 0 Å². The topological polar surface area (TPSA) is 18.5 Å². The van der Waals surface area contributed by atoms with E-state index in [0.29, 0.717) is 0 Å². The molecule has 0 bridgehead atoms. The first-order valence-electron chi connectivity index (χ1n) is 12.7. The van der Waals surface area contributed by atoms with Gasteiger partial charge in [-0.1, -0.05) is 49.1 Å². The lowest BCUT2D eigenvalue weighted by Gasteiger charge is -2.16. The maximum absolute atomic E-state index is 6.17. The number of rotatable bonds is 8. The Morgan fingerprint density at radius 2 is 1.55 bits per heavy atom. The molecule has 0 amide bonds. The van der Waals surface area contributed by atoms with Crippen LogP contribution in [0.5, 0.6) is 11.5 Å². The molecule has 38 heavy (non-hydrogen) atoms. The Morgan fingerprint density at radius 3 is 2.16 bits per heavy atom. The Hall–Kier alpha value is -3.12. The molecule has 5 aromatic rings. The third-order valence-corrected chi connectivity index (χ3v) is 10.3. The van der Waals surface area contributed by atoms with Crippen molar-refractivity contribution in [3.63, 3.8) is 0 Å². The van der Waals surface area contributed by atoms with Crippen LogP contribution in [0.2, 0.25) is 0 Å². The van der Waals surface area contributed by atoms with Crippen molar-refractivity contribution in [3.8, 4) is 32.4 Å². The average molecular weight is 557 g/mol. The van der Waals surface area contributed by atoms with Gasteiger partial charge < -0.3 is 9.47 Å². The Bertz CT molecular complexity index is 1710. The van der Waals surface area contributed by atoms with Gasteiger partial charge in [-0.25, -0.2) is 0 Å². The van der Waals surface area contributed by atoms with Crippen LogP contribution < -0.4 is 9.47 Å². The van der Waals surface area contributed by atoms with E-state index in [9.17, 15) is 0 Å². The van der Waals surface area contributed by atoms with Crippen LogP contribution in [0, 0.1) is 13.8 Å². The minimum absolute atomic E-state index is 0.0883. The number of aryl methyl sites for hydroxylation is 1. The molecule has 0 aliphatic rings. The smallest absolute Gasteiger partial charge is 0.132 e. The number of hydrogen-bond acceptors (Lipinski definition) is 5. The van der Waals surface area contributed by atoms with E-state index in [0.717, 1.165) is 17.1 Å². The van der Waals surface area contributed by atoms with Crippen LogP contribution in [-0.2, 0) is 0 Å². The van der Waals surface area contributed by atoms with Crippen LogP contribution in [0.25, 0.3) is 45.3 Å². The van der Waals surface area contributed by atoms with Crippen molar-refractivity contribution in [2.45, 2.75) is 40.7 Å². The van der Waals surface area contributed by atoms with Crippen LogP contribution >= 0.6 is 34.0 Å². The SMILES string of the molecule is C=C/C=C(\C=C/C)c1ccc(C)c(-c2cc3sc4cc(-c5c(OC)cccc5OC(C)C)sc4c3s2)c1C. The summed E-state index contributed by atoms with van der Waals surface area (Å²) in [6, 6.07) is 15.2. The molecular weight excluding hydrogens is 525 g/mol. The van der Waals surface area contributed by atoms with Gasteiger partial charge in [0.2, 0.25) is 0 Å². The fourth-order valence-electron chi connectivity index (χ4n) is 4.94. The first-order chi connectivity index (χ1) is 18.4. The zero-order chi connectivity index (χ0) is 27.0. The number of methoxy groups -OCH3 is 1. The van der Waals surface area contributed by atoms with Gasteiger partial charge in [0.25, 0.3) is 0 Å². The Kier molecular flexibility index (Phi) is 7.62. The fraction of sp³-hybridized carbons (Fsp3) is 0.212. The van der Waals surface area contributed by atoms with Crippen molar-refractivity contribution in [1.29, 1.82) is 0 Å². The zero-order valence-corrected chi connectivity index (χ0v) is 25.1. The quantitative estimate of drug-likeness (QED) is 0.177. The molecule has 0 N–H and O–H groups in total. The van der Waals surface area contributed by atoms with E-state index >= 15 is 0 Å². The molecule has 5 heteroatoms. The second kappa shape index (κ2) is 10.9. The van der Waals surface area contributed by atoms with E-state index in [1.807, 2.05) is 58.3 Å². The van der Waals surface area contributed by atoms with Crippen molar-refractivity contribution >= 4 is 58.4 Å². The molecule has 0 saturated heterocycles. The van der Waals surface area contributed by atoms with Crippen molar-refractivity contribution in [1.82, 2.24) is 0 Å². The summed E-state index contributed by atoms with van der Waals surface area (Å²) in [6.45, 7) is 14.5. The Labute approximate surface area is 237 Å². The normalized spacial score (nSPS) is 12.3. The maximum Gasteiger partial charge on any atom is 0.132 e. The number of benzene rings is 2. The number of thiophene rings is 3. The van der Waals surface area contributed by atoms with Crippen molar-refractivity contribution < 1.29 is 9.47 Å². The third-order valence-electron chi connectivity index (χ3n) is 6.51. The van der Waals surface area contributed by atoms with Crippen LogP contribution in [0.15, 0.2) is 73.3 Å². The molecule has 0 unspecified atom stereocenters. The van der Waals surface area contributed by atoms with Crippen LogP contribution in [0.4, 0.5) is 0 Å². The molecule has 0 radical (unpaired) electrons. The second-order valence-electron chi connectivity index (χ2n) is 9.50. The Morgan fingerprint density at radius 1 is 0.895 bits per heavy atom. The second-order valence-corrected chi connectivity index (χ2v) is 12.7. The summed E-state index contributed by atoms with van der Waals surface area (Å²) < 4.78 is 17.3. The highest BCUT2D eigenvalue weighted by Gasteiger charge is 2.21. The number of hydrogen-bond donors (Lipinski definition) is 0. The molecule has 0 aliphatic carbocycles. The largest absolute Gasteiger partial charge is 0.496 e. The molecule has 0 fully saturated rings. The van der Waals surface area contributed by atoms with Crippen LogP contribution in [-0.4, -0.2) is 13.2 Å². The van der Waals surface area contributed by atoms with Gasteiger partial charge in [-0.15, -0.1) is 34.0 Å². The van der Waals surface area contributed by atoms with Gasteiger partial charge in [0, 0.05) is 19.2 Å². The van der Waals surface area contributed by atoms with Gasteiger partial charge in [0.15, 0.2) is 0 Å². The van der Waals surface area contributed by atoms with E-state index in [2.05, 4.69) is 83.7 Å². The molecule has 2 nitrogen and oxygen atoms in total. The third kappa shape index (κ3) is 4.75. The molecule has 0 aliphatic heterocycles. The summed E-state index contributed by atoms with van der Waals surface area (Å²) in [6.07, 6.45) is 8.27. The predicted octanol–water partition coefficient (Wildman–Crippen LogP) is 11.1. The predicted molar refractivity (Wildman–Crippen MR) is 171 cm³/mol. The van der Waals surface area contributed by atoms with Crippen LogP contribution in [0.1, 0.15) is 37.5 Å². The van der Waals surface area contributed by atoms with Gasteiger partial charge >= 0.3 is 0 Å². The maximum atomic E-state index is 6.17. The monoisotopic (exact) mass is 556 g/mol. The van der Waals surface area contributed by atoms with E-state index in [1.165, 1.54) is 56.4 Å². The highest BCUT2D eigenvalue weighted by molar-refractivity contribution is 7.40. The lowest BCUT2D eigenvalue weighted by Crippen LogP contribution is -2.06. The van der Waals surface area contributed by atoms with Gasteiger partial charge in [-0.3, -0.25) is 0 Å². The molecule has 0 spiro atoms. The van der Waals surface area contributed by atoms with Crippen molar-refractivity contribution in [2.75, 3.05) is 7.11 Å². The van der Waals surface area contributed by atoms with Gasteiger partial charge in [-0.05, 0) is 86.7 Å². The van der Waals surface area contributed by atoms with Crippen molar-refractivity contribution in [3.05, 3.63) is 90.0 Å². The van der Waals surface area contributed by atoms with Gasteiger partial charge in [-0.2, -0.15) is 0 Å². The highest BCUT2D eigenvalue weighted by atomic mass is 32.1. The van der Waals surface area contributed by atoms with Crippen LogP contribution in [0.3, 0.4) is 0 Å². The average Bonchev–Trinajstić information content (AvgIpc) is 3.54. The van der Waals surface area contributed by atoms with E-state index in [1.54, 1.807) is 7.11 Å². The van der Waals surface area contributed by atoms with Gasteiger partial charge in [0.1, 0.15) is 11.5 Å². The minimum atomic E-state index is 0.0883. The number of ether oxygens (including phenoxy) is 2. The minimum Gasteiger partial charge on any atom is -0.496 e. The first-order valence-corrected chi connectivity index (χ1v) is 15.2. The lowest BCUT2D eigenvalue weighted by molar-refractivity contribution is 0.242. The highest BCUT2D eigenvalue weighted by Crippen LogP contribution is 2.51. The summed E-state index contributed by atoms with van der Waals surface area (Å²) in [5.41, 5.74) is 7.40. The fourth-order valence-corrected chi connectivity index (χ4v) is 9.18. The summed E-state index contributed by atoms with van der Waals surface area (Å²) in [5.74, 6) is 1.71. The summed E-state index contributed by atoms with van der Waals surface area (Å²) in [5, 5.41) is 0. The van der Waals surface area contributed by atoms with Gasteiger partial charge in [0.05, 0.1) is 28.2 Å². The van der Waals surface area contributed by atoms with E-state index in [4.69, 9.17) is 9.47 Å². The summed E-state index contributed by atoms with van der Waals surface area (Å²) in [7, 11) is 1.72. The molecule has 2 aromatic carbocycles. The number of allylic oxidation sites excluding steroid dienone is 5. The van der Waals surface area contributed by atoms with E-state index in [-0.39, 0.29) is 6.10 Å². The molecule has 3 heterocycles. The van der Waals surface area contributed by atoms with E-state index < -0.39 is 0 Å². The summed E-state index contributed by atoms with van der Waals surface area (Å²) in [4.78, 5) is 2.50. The molecule has 0 atom stereocenters. The number of fused-ring (bicyclic) bond motifs is 3. The molecule has 3 aromatic heterocycles. The standard InChI is InChI=1S/C33H32O2S3/c1-8-11-22(12-9-2)23-16-15-20(5)30(21(23)6)26-17-28-32(37-26)33-29(36-28)18-27(38-33)31-24(34-7)13-10-14-25(31)35-19(3)4/h8-19H,1H2,2-7H3/b12-9-,22-11+. The summed E-state index contributed by atoms with van der Waals surface area (Å²) >= 11 is 5.59. The zero-order valence-electron chi connectivity index (χ0n) is 22.7. The lowest BCUT2D eigenvalue weighted by atomic mass is 9.92. The Balaban J connectivity index is 1.64. The molecule has 0 saturated carbocycles. The molecular formula is C33H32O2S3.